The maximum atomic E-state index is 14.6. The van der Waals surface area contributed by atoms with Crippen LogP contribution >= 0.6 is 0 Å². The standard InChI is InChI=1S/C24H34FN5O2/c1-16(2)21(17(3)22(26-5)27-24(4)9-10-24)23(31)30-13-11-29(12-14-30)20-8-7-18(28-32-6)15-19(20)25/h7-8,15,27-28H,5,9-14H2,1-4,6H3/b22-17-. The van der Waals surface area contributed by atoms with E-state index < -0.39 is 0 Å². The molecule has 2 fully saturated rings. The molecule has 1 saturated heterocycles. The Morgan fingerprint density at radius 1 is 1.19 bits per heavy atom. The molecular formula is C24H34FN5O2. The number of nitrogens with one attached hydrogen (secondary N) is 2. The van der Waals surface area contributed by atoms with E-state index >= 15 is 0 Å². The number of hydrogen-bond donors (Lipinski definition) is 2. The molecule has 0 atom stereocenters. The van der Waals surface area contributed by atoms with E-state index in [1.807, 2.05) is 30.6 Å². The molecule has 1 saturated carbocycles. The molecule has 1 aromatic rings. The van der Waals surface area contributed by atoms with Crippen molar-refractivity contribution in [2.45, 2.75) is 46.1 Å². The molecule has 0 aromatic heterocycles. The van der Waals surface area contributed by atoms with Crippen LogP contribution in [0, 0.1) is 5.82 Å². The van der Waals surface area contributed by atoms with Crippen molar-refractivity contribution in [2.75, 3.05) is 43.7 Å². The lowest BCUT2D eigenvalue weighted by molar-refractivity contribution is -0.127. The van der Waals surface area contributed by atoms with Crippen molar-refractivity contribution in [2.24, 2.45) is 4.99 Å². The maximum absolute atomic E-state index is 14.6. The van der Waals surface area contributed by atoms with Crippen molar-refractivity contribution in [1.29, 1.82) is 0 Å². The van der Waals surface area contributed by atoms with E-state index in [2.05, 4.69) is 29.4 Å². The molecule has 8 heteroatoms. The van der Waals surface area contributed by atoms with Crippen molar-refractivity contribution >= 4 is 24.0 Å². The smallest absolute Gasteiger partial charge is 0.254 e. The first kappa shape index (κ1) is 23.8. The van der Waals surface area contributed by atoms with Gasteiger partial charge in [0, 0.05) is 48.9 Å². The highest BCUT2D eigenvalue weighted by Crippen LogP contribution is 2.36. The minimum atomic E-state index is -0.322. The van der Waals surface area contributed by atoms with Crippen molar-refractivity contribution in [3.05, 3.63) is 46.6 Å². The third-order valence-electron chi connectivity index (χ3n) is 6.10. The quantitative estimate of drug-likeness (QED) is 0.276. The minimum absolute atomic E-state index is 0.0221. The third-order valence-corrected chi connectivity index (χ3v) is 6.10. The van der Waals surface area contributed by atoms with Crippen LogP contribution in [0.1, 0.15) is 40.5 Å². The average molecular weight is 444 g/mol. The highest BCUT2D eigenvalue weighted by atomic mass is 19.1. The Morgan fingerprint density at radius 3 is 2.34 bits per heavy atom. The van der Waals surface area contributed by atoms with E-state index in [1.54, 1.807) is 12.1 Å². The van der Waals surface area contributed by atoms with Gasteiger partial charge in [0.1, 0.15) is 11.6 Å². The first-order valence-electron chi connectivity index (χ1n) is 11.0. The zero-order valence-electron chi connectivity index (χ0n) is 19.7. The van der Waals surface area contributed by atoms with Gasteiger partial charge >= 0.3 is 0 Å². The molecule has 2 aliphatic rings. The molecule has 174 valence electrons. The van der Waals surface area contributed by atoms with Gasteiger partial charge in [-0.15, -0.1) is 0 Å². The summed E-state index contributed by atoms with van der Waals surface area (Å²) in [5.74, 6) is 0.322. The predicted octanol–water partition coefficient (Wildman–Crippen LogP) is 3.86. The lowest BCUT2D eigenvalue weighted by Crippen LogP contribution is -2.49. The van der Waals surface area contributed by atoms with Crippen molar-refractivity contribution in [3.63, 3.8) is 0 Å². The van der Waals surface area contributed by atoms with E-state index in [9.17, 15) is 9.18 Å². The summed E-state index contributed by atoms with van der Waals surface area (Å²) in [5.41, 5.74) is 6.16. The van der Waals surface area contributed by atoms with Crippen LogP contribution in [0.15, 0.2) is 45.7 Å². The van der Waals surface area contributed by atoms with Gasteiger partial charge in [-0.2, -0.15) is 0 Å². The van der Waals surface area contributed by atoms with Gasteiger partial charge in [0.15, 0.2) is 0 Å². The van der Waals surface area contributed by atoms with Gasteiger partial charge in [0.2, 0.25) is 0 Å². The lowest BCUT2D eigenvalue weighted by atomic mass is 10.00. The third kappa shape index (κ3) is 5.30. The molecule has 1 aliphatic carbocycles. The number of hydrogen-bond acceptors (Lipinski definition) is 6. The van der Waals surface area contributed by atoms with Gasteiger partial charge in [-0.25, -0.2) is 9.38 Å². The molecule has 0 unspecified atom stereocenters. The zero-order valence-corrected chi connectivity index (χ0v) is 19.7. The van der Waals surface area contributed by atoms with E-state index in [-0.39, 0.29) is 17.3 Å². The summed E-state index contributed by atoms with van der Waals surface area (Å²) in [5, 5.41) is 3.44. The van der Waals surface area contributed by atoms with E-state index in [0.717, 1.165) is 24.0 Å². The summed E-state index contributed by atoms with van der Waals surface area (Å²) < 4.78 is 14.6. The van der Waals surface area contributed by atoms with Crippen LogP contribution in [0.4, 0.5) is 15.8 Å². The Morgan fingerprint density at radius 2 is 1.84 bits per heavy atom. The molecule has 1 aliphatic heterocycles. The number of carbonyl (C=O) groups excluding carboxylic acids is 1. The van der Waals surface area contributed by atoms with Crippen LogP contribution in [-0.4, -0.2) is 56.4 Å². The summed E-state index contributed by atoms with van der Waals surface area (Å²) in [7, 11) is 1.48. The number of allylic oxidation sites excluding steroid dienone is 1. The number of nitrogens with zero attached hydrogens (tertiary/aromatic N) is 3. The zero-order chi connectivity index (χ0) is 23.5. The van der Waals surface area contributed by atoms with Crippen molar-refractivity contribution in [3.8, 4) is 0 Å². The van der Waals surface area contributed by atoms with Gasteiger partial charge in [0.05, 0.1) is 18.5 Å². The Balaban J connectivity index is 1.72. The van der Waals surface area contributed by atoms with Crippen LogP contribution < -0.4 is 15.7 Å². The average Bonchev–Trinajstić information content (AvgIpc) is 3.49. The largest absolute Gasteiger partial charge is 0.366 e. The first-order valence-corrected chi connectivity index (χ1v) is 11.0. The van der Waals surface area contributed by atoms with Crippen LogP contribution in [0.25, 0.3) is 0 Å². The highest BCUT2D eigenvalue weighted by molar-refractivity contribution is 5.98. The van der Waals surface area contributed by atoms with Gasteiger partial charge in [-0.1, -0.05) is 5.57 Å². The molecule has 0 radical (unpaired) electrons. The molecule has 0 spiro atoms. The van der Waals surface area contributed by atoms with Gasteiger partial charge < -0.3 is 15.1 Å². The minimum Gasteiger partial charge on any atom is -0.366 e. The summed E-state index contributed by atoms with van der Waals surface area (Å²) in [6, 6.07) is 4.91. The number of carbonyl (C=O) groups is 1. The summed E-state index contributed by atoms with van der Waals surface area (Å²) in [6.45, 7) is 13.8. The second kappa shape index (κ2) is 9.73. The second-order valence-electron chi connectivity index (χ2n) is 8.94. The van der Waals surface area contributed by atoms with Gasteiger partial charge in [0.25, 0.3) is 5.91 Å². The number of rotatable bonds is 8. The number of benzene rings is 1. The van der Waals surface area contributed by atoms with E-state index in [0.29, 0.717) is 48.9 Å². The predicted molar refractivity (Wildman–Crippen MR) is 127 cm³/mol. The SMILES string of the molecule is C=N/C(NC1(C)CC1)=C(\C)C(C(=O)N1CCN(c2ccc(NOC)cc2F)CC1)=C(C)C. The van der Waals surface area contributed by atoms with Crippen molar-refractivity contribution < 1.29 is 14.0 Å². The van der Waals surface area contributed by atoms with Crippen LogP contribution in [0.2, 0.25) is 0 Å². The van der Waals surface area contributed by atoms with Gasteiger partial charge in [-0.05, 0) is 59.4 Å². The molecule has 2 N–H and O–H groups in total. The number of aliphatic imine (C=N–C) groups is 1. The fourth-order valence-electron chi connectivity index (χ4n) is 3.97. The van der Waals surface area contributed by atoms with Gasteiger partial charge in [-0.3, -0.25) is 15.1 Å². The van der Waals surface area contributed by atoms with Crippen molar-refractivity contribution in [1.82, 2.24) is 10.2 Å². The summed E-state index contributed by atoms with van der Waals surface area (Å²) in [6.07, 6.45) is 2.16. The monoisotopic (exact) mass is 443 g/mol. The Bertz CT molecular complexity index is 940. The summed E-state index contributed by atoms with van der Waals surface area (Å²) in [4.78, 5) is 26.2. The van der Waals surface area contributed by atoms with E-state index in [1.165, 1.54) is 13.2 Å². The molecule has 32 heavy (non-hydrogen) atoms. The molecular weight excluding hydrogens is 409 g/mol. The number of piperazine rings is 1. The molecule has 1 amide bonds. The number of halogens is 1. The molecule has 0 bridgehead atoms. The lowest BCUT2D eigenvalue weighted by Gasteiger charge is -2.37. The molecule has 1 heterocycles. The van der Waals surface area contributed by atoms with E-state index in [4.69, 9.17) is 4.84 Å². The summed E-state index contributed by atoms with van der Waals surface area (Å²) >= 11 is 0. The fraction of sp³-hybridized carbons (Fsp3) is 0.500. The van der Waals surface area contributed by atoms with Crippen LogP contribution in [-0.2, 0) is 9.63 Å². The Labute approximate surface area is 190 Å². The Kier molecular flexibility index (Phi) is 7.23. The molecule has 7 nitrogen and oxygen atoms in total. The normalized spacial score (nSPS) is 17.9. The first-order chi connectivity index (χ1) is 15.2. The number of amides is 1. The fourth-order valence-corrected chi connectivity index (χ4v) is 3.97. The Hall–Kier alpha value is -2.87. The van der Waals surface area contributed by atoms with Crippen LogP contribution in [0.3, 0.4) is 0 Å². The molecule has 3 rings (SSSR count). The van der Waals surface area contributed by atoms with Crippen LogP contribution in [0.5, 0.6) is 0 Å². The second-order valence-corrected chi connectivity index (χ2v) is 8.94. The molecule has 1 aromatic carbocycles. The topological polar surface area (TPSA) is 69.2 Å². The highest BCUT2D eigenvalue weighted by Gasteiger charge is 2.38. The maximum Gasteiger partial charge on any atom is 0.254 e. The number of anilines is 2.